The zero-order valence-electron chi connectivity index (χ0n) is 2.02. The average molecular weight is 275 g/mol. The molecule has 0 spiro atoms. The van der Waals surface area contributed by atoms with Crippen molar-refractivity contribution < 1.29 is 7.78 Å². The van der Waals surface area contributed by atoms with E-state index in [-0.39, 0.29) is 28.6 Å². The first-order valence-electron chi connectivity index (χ1n) is 0.204. The van der Waals surface area contributed by atoms with Crippen molar-refractivity contribution in [2.45, 2.75) is 0 Å². The van der Waals surface area contributed by atoms with Crippen LogP contribution < -0.4 is 0 Å². The van der Waals surface area contributed by atoms with Gasteiger partial charge < -0.3 is 0 Å². The van der Waals surface area contributed by atoms with Crippen LogP contribution in [0.15, 0.2) is 0 Å². The van der Waals surface area contributed by atoms with Crippen LogP contribution in [-0.4, -0.2) is 46.4 Å². The van der Waals surface area contributed by atoms with Crippen LogP contribution in [0, 0.1) is 0 Å². The van der Waals surface area contributed by atoms with E-state index in [1.165, 1.54) is 0 Å². The van der Waals surface area contributed by atoms with Crippen LogP contribution in [0.1, 0.15) is 0 Å². The normalized spacial score (nSPS) is 1.00. The van der Waals surface area contributed by atoms with E-state index in [9.17, 15) is 0 Å². The molecule has 0 aromatic heterocycles. The minimum absolute atomic E-state index is 0. The molecule has 0 aliphatic heterocycles. The Morgan fingerprint density at radius 3 is 1.25 bits per heavy atom. The molecule has 0 fully saturated rings. The molecular formula is H3FOSn2. The molecule has 0 rings (SSSR count). The molecule has 0 unspecified atom stereocenters. The summed E-state index contributed by atoms with van der Waals surface area (Å²) in [6, 6.07) is 0. The molecule has 4 radical (unpaired) electrons. The van der Waals surface area contributed by atoms with Crippen molar-refractivity contribution in [2.75, 3.05) is 0 Å². The van der Waals surface area contributed by atoms with Crippen LogP contribution in [0.5, 0.6) is 0 Å². The zero-order valence-corrected chi connectivity index (χ0v) is 8.91. The quantitative estimate of drug-likeness (QED) is 0.504. The molecule has 0 aromatic carbocycles. The van der Waals surface area contributed by atoms with Gasteiger partial charge in [0.1, 0.15) is 0 Å². The van der Waals surface area contributed by atoms with Gasteiger partial charge in [-0.1, -0.05) is 0 Å². The Morgan fingerprint density at radius 1 is 1.25 bits per heavy atom. The van der Waals surface area contributed by atoms with E-state index in [1.807, 2.05) is 0 Å². The van der Waals surface area contributed by atoms with E-state index >= 15 is 0 Å². The van der Waals surface area contributed by atoms with Gasteiger partial charge in [-0.15, -0.1) is 0 Å². The second-order valence-electron chi connectivity index (χ2n) is 0. The molecule has 0 aliphatic rings. The number of hydrogen-bond acceptors (Lipinski definition) is 1. The van der Waals surface area contributed by atoms with E-state index < -0.39 is 0 Å². The van der Waals surface area contributed by atoms with Gasteiger partial charge in [0.05, 0.1) is 0 Å². The average Bonchev–Trinajstić information content (AvgIpc) is 1.00. The summed E-state index contributed by atoms with van der Waals surface area (Å²) in [6.45, 7) is 0. The van der Waals surface area contributed by atoms with Crippen molar-refractivity contribution in [3.8, 4) is 0 Å². The molecule has 4 heteroatoms. The van der Waals surface area contributed by atoms with Gasteiger partial charge in [0.2, 0.25) is 0 Å². The fourth-order valence-electron chi connectivity index (χ4n) is 0. The van der Waals surface area contributed by atoms with Crippen LogP contribution in [-0.2, 0) is 3.08 Å². The van der Waals surface area contributed by atoms with E-state index in [0.29, 0.717) is 22.5 Å². The van der Waals surface area contributed by atoms with E-state index in [2.05, 4.69) is 0 Å². The third-order valence-corrected chi connectivity index (χ3v) is 0. The number of hydrogen-bond donors (Lipinski definition) is 0. The summed E-state index contributed by atoms with van der Waals surface area (Å²) in [5.74, 6) is 0. The van der Waals surface area contributed by atoms with Crippen molar-refractivity contribution in [3.05, 3.63) is 0 Å². The maximum absolute atomic E-state index is 8.34. The molecule has 0 amide bonds. The molecule has 0 bridgehead atoms. The van der Waals surface area contributed by atoms with Gasteiger partial charge in [-0.05, 0) is 0 Å². The zero-order chi connectivity index (χ0) is 2.00. The van der Waals surface area contributed by atoms with Gasteiger partial charge in [-0.25, -0.2) is 0 Å². The minimum atomic E-state index is 0. The SMILES string of the molecule is F.[O]=[Sn].[SnH2]. The first-order chi connectivity index (χ1) is 1.00. The van der Waals surface area contributed by atoms with Crippen molar-refractivity contribution in [2.24, 2.45) is 0 Å². The molecular weight excluding hydrogens is 272 g/mol. The first-order valence-corrected chi connectivity index (χ1v) is 1.37. The molecule has 24 valence electrons. The van der Waals surface area contributed by atoms with Crippen LogP contribution >= 0.6 is 0 Å². The van der Waals surface area contributed by atoms with E-state index in [0.717, 1.165) is 0 Å². The van der Waals surface area contributed by atoms with Crippen molar-refractivity contribution in [1.82, 2.24) is 0 Å². The van der Waals surface area contributed by atoms with Crippen molar-refractivity contribution in [1.29, 1.82) is 0 Å². The number of halogens is 1. The molecule has 0 N–H and O–H groups in total. The molecule has 0 saturated carbocycles. The molecule has 0 atom stereocenters. The third-order valence-electron chi connectivity index (χ3n) is 0. The molecule has 0 aliphatic carbocycles. The van der Waals surface area contributed by atoms with Crippen LogP contribution in [0.25, 0.3) is 0 Å². The summed E-state index contributed by atoms with van der Waals surface area (Å²) in [7, 11) is 0. The Balaban J connectivity index is -0.00000000500. The van der Waals surface area contributed by atoms with Gasteiger partial charge in [0.15, 0.2) is 0 Å². The summed E-state index contributed by atoms with van der Waals surface area (Å²) >= 11 is 0.300. The maximum atomic E-state index is 8.34. The van der Waals surface area contributed by atoms with Crippen molar-refractivity contribution >= 4 is 46.4 Å². The summed E-state index contributed by atoms with van der Waals surface area (Å²) < 4.78 is 8.34. The molecule has 0 heterocycles. The Labute approximate surface area is 53.9 Å². The second-order valence-corrected chi connectivity index (χ2v) is 0. The van der Waals surface area contributed by atoms with Crippen molar-refractivity contribution in [3.63, 3.8) is 0 Å². The second kappa shape index (κ2) is 27.2. The van der Waals surface area contributed by atoms with Gasteiger partial charge in [-0.2, -0.15) is 0 Å². The summed E-state index contributed by atoms with van der Waals surface area (Å²) in [4.78, 5) is 0. The summed E-state index contributed by atoms with van der Waals surface area (Å²) in [6.07, 6.45) is 0. The topological polar surface area (TPSA) is 17.1 Å². The molecule has 0 saturated heterocycles. The Hall–Kier alpha value is 1.33. The fourth-order valence-corrected chi connectivity index (χ4v) is 0. The van der Waals surface area contributed by atoms with Crippen LogP contribution in [0.4, 0.5) is 4.70 Å². The Bertz CT molecular complexity index is 6.00. The van der Waals surface area contributed by atoms with Gasteiger partial charge >= 0.3 is 49.5 Å². The third kappa shape index (κ3) is 10.2. The summed E-state index contributed by atoms with van der Waals surface area (Å²) in [5.41, 5.74) is 0. The predicted molar refractivity (Wildman–Crippen MR) is 17.5 cm³/mol. The van der Waals surface area contributed by atoms with E-state index in [4.69, 9.17) is 3.08 Å². The standard InChI is InChI=1S/FH.O.2Sn.2H/h1H;;;;;. The predicted octanol–water partition coefficient (Wildman–Crippen LogP) is -1.26. The molecule has 0 aromatic rings. The van der Waals surface area contributed by atoms with Gasteiger partial charge in [-0.3, -0.25) is 4.70 Å². The Morgan fingerprint density at radius 2 is 1.25 bits per heavy atom. The monoisotopic (exact) mass is 278 g/mol. The van der Waals surface area contributed by atoms with Gasteiger partial charge in [0, 0.05) is 0 Å². The van der Waals surface area contributed by atoms with E-state index in [1.54, 1.807) is 0 Å². The fraction of sp³-hybridized carbons (Fsp3) is 0. The summed E-state index contributed by atoms with van der Waals surface area (Å²) in [5, 5.41) is 0. The van der Waals surface area contributed by atoms with Gasteiger partial charge in [0.25, 0.3) is 0 Å². The molecule has 1 nitrogen and oxygen atoms in total. The Kier molecular flexibility index (Phi) is 125. The number of rotatable bonds is 0. The van der Waals surface area contributed by atoms with Crippen LogP contribution in [0.2, 0.25) is 0 Å². The van der Waals surface area contributed by atoms with Crippen LogP contribution in [0.3, 0.4) is 0 Å². The molecule has 4 heavy (non-hydrogen) atoms. The first kappa shape index (κ1) is 18.4.